The molecular weight excluding hydrogens is 318 g/mol. The number of hydrogen-bond acceptors (Lipinski definition) is 4. The minimum atomic E-state index is -0.762. The third kappa shape index (κ3) is 10.6. The number of carbonyl (C=O) groups excluding carboxylic acids is 1. The zero-order chi connectivity index (χ0) is 18.3. The standard InChI is InChI=1S/C20H31NO4/c1-2-3-4-8-11-18(22)14-13-17(19-15-16-21-25-19)10-7-5-6-9-12-20(23)24/h5,7,13-17,19,21H,2-4,6,8-12H2,1H3,(H,23,24). The molecule has 1 aliphatic heterocycles. The van der Waals surface area contributed by atoms with Crippen LogP contribution in [0.1, 0.15) is 64.7 Å². The first-order chi connectivity index (χ1) is 12.1. The summed E-state index contributed by atoms with van der Waals surface area (Å²) in [5.41, 5.74) is 2.72. The molecule has 0 fully saturated rings. The highest BCUT2D eigenvalue weighted by Crippen LogP contribution is 2.19. The van der Waals surface area contributed by atoms with Crippen LogP contribution in [-0.2, 0) is 14.4 Å². The van der Waals surface area contributed by atoms with Crippen LogP contribution in [0.3, 0.4) is 0 Å². The Morgan fingerprint density at radius 1 is 1.20 bits per heavy atom. The highest BCUT2D eigenvalue weighted by Gasteiger charge is 2.19. The normalized spacial score (nSPS) is 18.0. The molecule has 0 saturated heterocycles. The summed E-state index contributed by atoms with van der Waals surface area (Å²) in [5.74, 6) is -0.509. The fourth-order valence-electron chi connectivity index (χ4n) is 2.63. The van der Waals surface area contributed by atoms with Crippen LogP contribution in [0.5, 0.6) is 0 Å². The van der Waals surface area contributed by atoms with Gasteiger partial charge in [0.05, 0.1) is 0 Å². The highest BCUT2D eigenvalue weighted by atomic mass is 16.7. The molecule has 2 unspecified atom stereocenters. The number of carboxylic acids is 1. The molecule has 0 aromatic heterocycles. The molecule has 140 valence electrons. The van der Waals surface area contributed by atoms with Gasteiger partial charge in [-0.2, -0.15) is 0 Å². The lowest BCUT2D eigenvalue weighted by molar-refractivity contribution is -0.137. The van der Waals surface area contributed by atoms with E-state index in [0.29, 0.717) is 12.8 Å². The van der Waals surface area contributed by atoms with E-state index in [1.165, 1.54) is 12.8 Å². The first-order valence-corrected chi connectivity index (χ1v) is 9.29. The van der Waals surface area contributed by atoms with Gasteiger partial charge in [-0.1, -0.05) is 44.4 Å². The summed E-state index contributed by atoms with van der Waals surface area (Å²) in [6, 6.07) is 0. The van der Waals surface area contributed by atoms with Gasteiger partial charge in [-0.05, 0) is 37.8 Å². The summed E-state index contributed by atoms with van der Waals surface area (Å²) in [6.45, 7) is 2.16. The van der Waals surface area contributed by atoms with Crippen molar-refractivity contribution < 1.29 is 19.5 Å². The number of nitrogens with one attached hydrogen (secondary N) is 1. The van der Waals surface area contributed by atoms with E-state index in [1.807, 2.05) is 24.3 Å². The smallest absolute Gasteiger partial charge is 0.303 e. The van der Waals surface area contributed by atoms with Crippen LogP contribution in [0.25, 0.3) is 0 Å². The maximum absolute atomic E-state index is 12.0. The second-order valence-electron chi connectivity index (χ2n) is 6.35. The summed E-state index contributed by atoms with van der Waals surface area (Å²) in [6.07, 6.45) is 18.6. The van der Waals surface area contributed by atoms with Gasteiger partial charge in [0.1, 0.15) is 6.10 Å². The first-order valence-electron chi connectivity index (χ1n) is 9.29. The van der Waals surface area contributed by atoms with Crippen LogP contribution in [0, 0.1) is 5.92 Å². The van der Waals surface area contributed by atoms with E-state index in [1.54, 1.807) is 12.3 Å². The molecule has 0 spiro atoms. The number of hydrogen-bond donors (Lipinski definition) is 2. The number of rotatable bonds is 14. The second kappa shape index (κ2) is 13.4. The molecule has 2 N–H and O–H groups in total. The Labute approximate surface area is 150 Å². The van der Waals surface area contributed by atoms with Crippen LogP contribution in [0.15, 0.2) is 36.6 Å². The number of allylic oxidation sites excluding steroid dienone is 3. The zero-order valence-electron chi connectivity index (χ0n) is 15.2. The topological polar surface area (TPSA) is 75.6 Å². The molecule has 1 heterocycles. The number of carboxylic acid groups (broad SMARTS) is 1. The average molecular weight is 349 g/mol. The van der Waals surface area contributed by atoms with Crippen molar-refractivity contribution in [2.24, 2.45) is 5.92 Å². The maximum Gasteiger partial charge on any atom is 0.303 e. The molecule has 5 heteroatoms. The van der Waals surface area contributed by atoms with E-state index in [-0.39, 0.29) is 24.2 Å². The van der Waals surface area contributed by atoms with Crippen molar-refractivity contribution in [3.63, 3.8) is 0 Å². The lowest BCUT2D eigenvalue weighted by atomic mass is 9.96. The Morgan fingerprint density at radius 3 is 2.72 bits per heavy atom. The molecule has 1 rings (SSSR count). The number of unbranched alkanes of at least 4 members (excludes halogenated alkanes) is 4. The second-order valence-corrected chi connectivity index (χ2v) is 6.35. The minimum Gasteiger partial charge on any atom is -0.481 e. The van der Waals surface area contributed by atoms with Gasteiger partial charge in [0, 0.05) is 25.0 Å². The van der Waals surface area contributed by atoms with Crippen molar-refractivity contribution in [3.05, 3.63) is 36.6 Å². The molecule has 0 amide bonds. The summed E-state index contributed by atoms with van der Waals surface area (Å²) in [5, 5.41) is 8.62. The minimum absolute atomic E-state index is 0.0848. The Hall–Kier alpha value is -1.88. The van der Waals surface area contributed by atoms with Gasteiger partial charge in [-0.3, -0.25) is 19.9 Å². The molecule has 0 aromatic carbocycles. The average Bonchev–Trinajstić information content (AvgIpc) is 3.11. The van der Waals surface area contributed by atoms with Gasteiger partial charge < -0.3 is 5.11 Å². The van der Waals surface area contributed by atoms with Gasteiger partial charge in [0.15, 0.2) is 5.78 Å². The van der Waals surface area contributed by atoms with E-state index >= 15 is 0 Å². The van der Waals surface area contributed by atoms with Gasteiger partial charge in [-0.15, -0.1) is 0 Å². The third-order valence-electron chi connectivity index (χ3n) is 4.12. The van der Waals surface area contributed by atoms with Crippen molar-refractivity contribution in [3.8, 4) is 0 Å². The number of hydroxylamine groups is 1. The largest absolute Gasteiger partial charge is 0.481 e. The van der Waals surface area contributed by atoms with E-state index in [0.717, 1.165) is 25.7 Å². The molecular formula is C20H31NO4. The summed E-state index contributed by atoms with van der Waals surface area (Å²) >= 11 is 0. The van der Waals surface area contributed by atoms with Gasteiger partial charge in [-0.25, -0.2) is 0 Å². The molecule has 5 nitrogen and oxygen atoms in total. The number of carbonyl (C=O) groups is 2. The molecule has 0 aliphatic carbocycles. The lowest BCUT2D eigenvalue weighted by Crippen LogP contribution is -2.20. The SMILES string of the molecule is CCCCCCC(=O)C=CC(CC=CCCCC(=O)O)C1C=CNO1. The van der Waals surface area contributed by atoms with Crippen molar-refractivity contribution in [2.45, 2.75) is 70.8 Å². The fourth-order valence-corrected chi connectivity index (χ4v) is 2.63. The molecule has 0 radical (unpaired) electrons. The van der Waals surface area contributed by atoms with Crippen molar-refractivity contribution in [2.75, 3.05) is 0 Å². The van der Waals surface area contributed by atoms with E-state index in [2.05, 4.69) is 12.4 Å². The van der Waals surface area contributed by atoms with Crippen LogP contribution in [0.2, 0.25) is 0 Å². The monoisotopic (exact) mass is 349 g/mol. The molecule has 2 atom stereocenters. The molecule has 0 aromatic rings. The predicted molar refractivity (Wildman–Crippen MR) is 98.8 cm³/mol. The molecule has 1 aliphatic rings. The van der Waals surface area contributed by atoms with Crippen LogP contribution >= 0.6 is 0 Å². The Kier molecular flexibility index (Phi) is 11.4. The molecule has 0 bridgehead atoms. The van der Waals surface area contributed by atoms with Crippen LogP contribution in [0.4, 0.5) is 0 Å². The summed E-state index contributed by atoms with van der Waals surface area (Å²) < 4.78 is 0. The first kappa shape index (κ1) is 21.2. The van der Waals surface area contributed by atoms with Gasteiger partial charge >= 0.3 is 5.97 Å². The van der Waals surface area contributed by atoms with Crippen LogP contribution < -0.4 is 5.48 Å². The van der Waals surface area contributed by atoms with E-state index < -0.39 is 5.97 Å². The molecule has 25 heavy (non-hydrogen) atoms. The Balaban J connectivity index is 2.40. The third-order valence-corrected chi connectivity index (χ3v) is 4.12. The van der Waals surface area contributed by atoms with Crippen LogP contribution in [-0.4, -0.2) is 23.0 Å². The lowest BCUT2D eigenvalue weighted by Gasteiger charge is -2.16. The zero-order valence-corrected chi connectivity index (χ0v) is 15.2. The quantitative estimate of drug-likeness (QED) is 0.277. The maximum atomic E-state index is 12.0. The predicted octanol–water partition coefficient (Wildman–Crippen LogP) is 4.32. The van der Waals surface area contributed by atoms with Gasteiger partial charge in [0.2, 0.25) is 0 Å². The van der Waals surface area contributed by atoms with Crippen molar-refractivity contribution in [1.82, 2.24) is 5.48 Å². The van der Waals surface area contributed by atoms with E-state index in [9.17, 15) is 9.59 Å². The summed E-state index contributed by atoms with van der Waals surface area (Å²) in [7, 11) is 0. The Bertz CT molecular complexity index is 482. The molecule has 0 saturated carbocycles. The van der Waals surface area contributed by atoms with E-state index in [4.69, 9.17) is 9.94 Å². The number of ketones is 1. The summed E-state index contributed by atoms with van der Waals surface area (Å²) in [4.78, 5) is 27.9. The Morgan fingerprint density at radius 2 is 2.04 bits per heavy atom. The highest BCUT2D eigenvalue weighted by molar-refractivity contribution is 5.89. The fraction of sp³-hybridized carbons (Fsp3) is 0.600. The van der Waals surface area contributed by atoms with Gasteiger partial charge in [0.25, 0.3) is 0 Å². The van der Waals surface area contributed by atoms with Crippen molar-refractivity contribution >= 4 is 11.8 Å². The van der Waals surface area contributed by atoms with Crippen molar-refractivity contribution in [1.29, 1.82) is 0 Å². The number of aliphatic carboxylic acids is 1.